The Hall–Kier alpha value is -3.66. The average Bonchev–Trinajstić information content (AvgIpc) is 3.33. The molecule has 0 saturated carbocycles. The number of amides is 5. The molecule has 33 heavy (non-hydrogen) atoms. The molecule has 0 atom stereocenters. The normalized spacial score (nSPS) is 17.2. The molecule has 2 aliphatic rings. The number of hydrogen-bond acceptors (Lipinski definition) is 5. The van der Waals surface area contributed by atoms with Gasteiger partial charge >= 0.3 is 6.03 Å². The van der Waals surface area contributed by atoms with Gasteiger partial charge in [0, 0.05) is 37.4 Å². The van der Waals surface area contributed by atoms with Crippen molar-refractivity contribution in [2.45, 2.75) is 6.92 Å². The molecule has 2 N–H and O–H groups in total. The summed E-state index contributed by atoms with van der Waals surface area (Å²) in [5, 5.41) is 5.03. The van der Waals surface area contributed by atoms with Gasteiger partial charge in [-0.05, 0) is 66.2 Å². The number of rotatable bonds is 6. The molecule has 2 aromatic rings. The number of carbonyl (C=O) groups excluding carboxylic acids is 4. The third-order valence-corrected chi connectivity index (χ3v) is 6.18. The number of carbonyl (C=O) groups is 4. The van der Waals surface area contributed by atoms with Gasteiger partial charge in [0.15, 0.2) is 0 Å². The number of benzene rings is 2. The molecule has 0 radical (unpaired) electrons. The molecule has 2 fully saturated rings. The standard InChI is InChI=1S/C23H21FN4O4S/c1-14-12-16(4-7-18(14)27-10-9-26-22(27)31)20(29)25-8-11-28-21(30)19(33-23(28)32)13-15-2-5-17(24)6-3-15/h2-7,12-13H,8-11H2,1H3,(H,25,29)(H,26,31). The van der Waals surface area contributed by atoms with Crippen LogP contribution in [-0.2, 0) is 4.79 Å². The first-order valence-corrected chi connectivity index (χ1v) is 11.1. The Balaban J connectivity index is 1.34. The summed E-state index contributed by atoms with van der Waals surface area (Å²) < 4.78 is 13.0. The minimum Gasteiger partial charge on any atom is -0.350 e. The maximum atomic E-state index is 13.0. The van der Waals surface area contributed by atoms with E-state index in [0.29, 0.717) is 24.2 Å². The maximum Gasteiger partial charge on any atom is 0.322 e. The molecule has 2 aliphatic heterocycles. The van der Waals surface area contributed by atoms with Crippen LogP contribution in [0.5, 0.6) is 0 Å². The molecule has 170 valence electrons. The summed E-state index contributed by atoms with van der Waals surface area (Å²) >= 11 is 0.807. The van der Waals surface area contributed by atoms with Gasteiger partial charge in [-0.2, -0.15) is 0 Å². The average molecular weight is 469 g/mol. The van der Waals surface area contributed by atoms with Crippen LogP contribution in [0.2, 0.25) is 0 Å². The van der Waals surface area contributed by atoms with Crippen molar-refractivity contribution in [2.75, 3.05) is 31.1 Å². The van der Waals surface area contributed by atoms with Gasteiger partial charge in [-0.15, -0.1) is 0 Å². The van der Waals surface area contributed by atoms with Gasteiger partial charge in [0.2, 0.25) is 0 Å². The van der Waals surface area contributed by atoms with Crippen molar-refractivity contribution in [3.05, 3.63) is 69.9 Å². The first-order valence-electron chi connectivity index (χ1n) is 10.3. The predicted octanol–water partition coefficient (Wildman–Crippen LogP) is 3.13. The highest BCUT2D eigenvalue weighted by Gasteiger charge is 2.34. The van der Waals surface area contributed by atoms with E-state index in [1.807, 2.05) is 6.92 Å². The van der Waals surface area contributed by atoms with Gasteiger partial charge in [-0.25, -0.2) is 9.18 Å². The highest BCUT2D eigenvalue weighted by molar-refractivity contribution is 8.18. The first kappa shape index (κ1) is 22.5. The van der Waals surface area contributed by atoms with Crippen LogP contribution >= 0.6 is 11.8 Å². The lowest BCUT2D eigenvalue weighted by Gasteiger charge is -2.18. The van der Waals surface area contributed by atoms with E-state index in [2.05, 4.69) is 10.6 Å². The third-order valence-electron chi connectivity index (χ3n) is 5.27. The molecule has 5 amide bonds. The van der Waals surface area contributed by atoms with Crippen LogP contribution in [0.25, 0.3) is 6.08 Å². The second-order valence-electron chi connectivity index (χ2n) is 7.53. The smallest absolute Gasteiger partial charge is 0.322 e. The fourth-order valence-corrected chi connectivity index (χ4v) is 4.45. The molecule has 0 unspecified atom stereocenters. The van der Waals surface area contributed by atoms with E-state index in [4.69, 9.17) is 0 Å². The summed E-state index contributed by atoms with van der Waals surface area (Å²) in [6, 6.07) is 10.5. The topological polar surface area (TPSA) is 98.8 Å². The number of nitrogens with one attached hydrogen (secondary N) is 2. The van der Waals surface area contributed by atoms with E-state index in [1.165, 1.54) is 30.3 Å². The van der Waals surface area contributed by atoms with Gasteiger partial charge in [0.1, 0.15) is 5.82 Å². The van der Waals surface area contributed by atoms with E-state index in [1.54, 1.807) is 23.1 Å². The maximum absolute atomic E-state index is 13.0. The number of anilines is 1. The summed E-state index contributed by atoms with van der Waals surface area (Å²) in [6.45, 7) is 3.09. The number of hydrogen-bond donors (Lipinski definition) is 2. The molecule has 2 saturated heterocycles. The number of aryl methyl sites for hydroxylation is 1. The van der Waals surface area contributed by atoms with Gasteiger partial charge in [0.25, 0.3) is 17.1 Å². The quantitative estimate of drug-likeness (QED) is 0.635. The van der Waals surface area contributed by atoms with E-state index < -0.39 is 11.1 Å². The summed E-state index contributed by atoms with van der Waals surface area (Å²) in [5.41, 5.74) is 2.56. The summed E-state index contributed by atoms with van der Waals surface area (Å²) in [7, 11) is 0. The van der Waals surface area contributed by atoms with Crippen molar-refractivity contribution in [3.8, 4) is 0 Å². The molecular formula is C23H21FN4O4S. The Morgan fingerprint density at radius 1 is 1.18 bits per heavy atom. The largest absolute Gasteiger partial charge is 0.350 e. The van der Waals surface area contributed by atoms with E-state index in [-0.39, 0.29) is 35.8 Å². The van der Waals surface area contributed by atoms with Gasteiger partial charge in [-0.3, -0.25) is 24.2 Å². The van der Waals surface area contributed by atoms with Gasteiger partial charge < -0.3 is 10.6 Å². The van der Waals surface area contributed by atoms with Gasteiger partial charge in [-0.1, -0.05) is 12.1 Å². The van der Waals surface area contributed by atoms with Crippen molar-refractivity contribution >= 4 is 46.6 Å². The lowest BCUT2D eigenvalue weighted by atomic mass is 10.1. The second kappa shape index (κ2) is 9.45. The number of imide groups is 1. The Morgan fingerprint density at radius 3 is 2.61 bits per heavy atom. The molecule has 2 heterocycles. The molecule has 0 spiro atoms. The van der Waals surface area contributed by atoms with Crippen LogP contribution in [0, 0.1) is 12.7 Å². The number of thioether (sulfide) groups is 1. The SMILES string of the molecule is Cc1cc(C(=O)NCCN2C(=O)SC(=Cc3ccc(F)cc3)C2=O)ccc1N1CCNC1=O. The minimum absolute atomic E-state index is 0.0299. The fourth-order valence-electron chi connectivity index (χ4n) is 3.59. The second-order valence-corrected chi connectivity index (χ2v) is 8.52. The molecule has 10 heteroatoms. The Morgan fingerprint density at radius 2 is 1.94 bits per heavy atom. The predicted molar refractivity (Wildman–Crippen MR) is 123 cm³/mol. The highest BCUT2D eigenvalue weighted by Crippen LogP contribution is 2.32. The Bertz CT molecular complexity index is 1170. The van der Waals surface area contributed by atoms with Crippen LogP contribution < -0.4 is 15.5 Å². The molecular weight excluding hydrogens is 447 g/mol. The fraction of sp³-hybridized carbons (Fsp3) is 0.217. The lowest BCUT2D eigenvalue weighted by Crippen LogP contribution is -2.37. The zero-order valence-corrected chi connectivity index (χ0v) is 18.6. The van der Waals surface area contributed by atoms with Crippen molar-refractivity contribution in [1.82, 2.24) is 15.5 Å². The molecule has 0 bridgehead atoms. The van der Waals surface area contributed by atoms with Crippen LogP contribution in [0.15, 0.2) is 47.4 Å². The van der Waals surface area contributed by atoms with E-state index in [0.717, 1.165) is 27.9 Å². The number of urea groups is 1. The summed E-state index contributed by atoms with van der Waals surface area (Å²) in [5.74, 6) is -1.18. The monoisotopic (exact) mass is 468 g/mol. The van der Waals surface area contributed by atoms with Crippen LogP contribution in [0.1, 0.15) is 21.5 Å². The van der Waals surface area contributed by atoms with Gasteiger partial charge in [0.05, 0.1) is 4.91 Å². The molecule has 4 rings (SSSR count). The van der Waals surface area contributed by atoms with E-state index in [9.17, 15) is 23.6 Å². The number of halogens is 1. The summed E-state index contributed by atoms with van der Waals surface area (Å²) in [4.78, 5) is 52.1. The Labute approximate surface area is 193 Å². The molecule has 8 nitrogen and oxygen atoms in total. The van der Waals surface area contributed by atoms with Crippen molar-refractivity contribution < 1.29 is 23.6 Å². The van der Waals surface area contributed by atoms with Crippen molar-refractivity contribution in [3.63, 3.8) is 0 Å². The number of nitrogens with zero attached hydrogens (tertiary/aromatic N) is 2. The Kier molecular flexibility index (Phi) is 6.45. The van der Waals surface area contributed by atoms with Crippen molar-refractivity contribution in [2.24, 2.45) is 0 Å². The third kappa shape index (κ3) is 4.90. The highest BCUT2D eigenvalue weighted by atomic mass is 32.2. The zero-order chi connectivity index (χ0) is 23.5. The van der Waals surface area contributed by atoms with Crippen LogP contribution in [0.4, 0.5) is 19.7 Å². The molecule has 0 aromatic heterocycles. The minimum atomic E-state index is -0.451. The zero-order valence-electron chi connectivity index (χ0n) is 17.8. The van der Waals surface area contributed by atoms with E-state index >= 15 is 0 Å². The molecule has 0 aliphatic carbocycles. The van der Waals surface area contributed by atoms with Crippen LogP contribution in [0.3, 0.4) is 0 Å². The van der Waals surface area contributed by atoms with Crippen molar-refractivity contribution in [1.29, 1.82) is 0 Å². The summed E-state index contributed by atoms with van der Waals surface area (Å²) in [6.07, 6.45) is 1.54. The molecule has 2 aromatic carbocycles. The van der Waals surface area contributed by atoms with Crippen LogP contribution in [-0.4, -0.2) is 54.2 Å². The lowest BCUT2D eigenvalue weighted by molar-refractivity contribution is -0.122. The first-order chi connectivity index (χ1) is 15.8.